The van der Waals surface area contributed by atoms with Gasteiger partial charge in [-0.15, -0.1) is 0 Å². The first-order valence-corrected chi connectivity index (χ1v) is 7.73. The number of rotatable bonds is 6. The summed E-state index contributed by atoms with van der Waals surface area (Å²) in [5.41, 5.74) is 1.17. The predicted octanol–water partition coefficient (Wildman–Crippen LogP) is 4.33. The minimum atomic E-state index is -0.509. The number of nitro groups is 1. The van der Waals surface area contributed by atoms with Gasteiger partial charge in [-0.25, -0.2) is 0 Å². The van der Waals surface area contributed by atoms with Crippen LogP contribution in [0.2, 0.25) is 0 Å². The second kappa shape index (κ2) is 7.59. The highest BCUT2D eigenvalue weighted by molar-refractivity contribution is 6.05. The number of ether oxygens (including phenoxy) is 1. The van der Waals surface area contributed by atoms with Crippen molar-refractivity contribution in [2.24, 2.45) is 0 Å². The van der Waals surface area contributed by atoms with Crippen molar-refractivity contribution in [3.63, 3.8) is 0 Å². The van der Waals surface area contributed by atoms with Crippen molar-refractivity contribution in [2.45, 2.75) is 33.3 Å². The van der Waals surface area contributed by atoms with Crippen LogP contribution in [0.4, 0.5) is 11.4 Å². The van der Waals surface area contributed by atoms with E-state index in [2.05, 4.69) is 5.32 Å². The summed E-state index contributed by atoms with van der Waals surface area (Å²) in [7, 11) is 0. The van der Waals surface area contributed by atoms with Gasteiger partial charge in [0.1, 0.15) is 11.4 Å². The molecule has 0 aliphatic carbocycles. The Morgan fingerprint density at radius 2 is 2.04 bits per heavy atom. The molecule has 0 aliphatic heterocycles. The molecule has 6 nitrogen and oxygen atoms in total. The Kier molecular flexibility index (Phi) is 5.52. The first-order chi connectivity index (χ1) is 11.4. The lowest BCUT2D eigenvalue weighted by molar-refractivity contribution is -0.384. The first-order valence-electron chi connectivity index (χ1n) is 7.73. The Morgan fingerprint density at radius 1 is 1.29 bits per heavy atom. The van der Waals surface area contributed by atoms with Crippen molar-refractivity contribution in [3.05, 3.63) is 63.7 Å². The predicted molar refractivity (Wildman–Crippen MR) is 92.6 cm³/mol. The maximum atomic E-state index is 12.4. The average Bonchev–Trinajstić information content (AvgIpc) is 2.56. The van der Waals surface area contributed by atoms with E-state index < -0.39 is 10.8 Å². The van der Waals surface area contributed by atoms with Crippen LogP contribution in [0, 0.1) is 17.0 Å². The van der Waals surface area contributed by atoms with Gasteiger partial charge in [-0.2, -0.15) is 0 Å². The molecule has 0 bridgehead atoms. The molecule has 0 aromatic heterocycles. The van der Waals surface area contributed by atoms with Gasteiger partial charge >= 0.3 is 0 Å². The van der Waals surface area contributed by atoms with Crippen molar-refractivity contribution in [1.29, 1.82) is 0 Å². The van der Waals surface area contributed by atoms with E-state index in [4.69, 9.17) is 4.74 Å². The van der Waals surface area contributed by atoms with Gasteiger partial charge in [0.05, 0.1) is 11.0 Å². The number of nitrogens with one attached hydrogen (secondary N) is 1. The molecule has 1 N–H and O–H groups in total. The number of hydrogen-bond acceptors (Lipinski definition) is 4. The highest BCUT2D eigenvalue weighted by Crippen LogP contribution is 2.26. The van der Waals surface area contributed by atoms with Crippen LogP contribution in [0.5, 0.6) is 5.75 Å². The molecule has 0 spiro atoms. The largest absolute Gasteiger partial charge is 0.491 e. The number of nitrogens with zero attached hydrogens (tertiary/aromatic N) is 1. The van der Waals surface area contributed by atoms with Gasteiger partial charge < -0.3 is 10.1 Å². The quantitative estimate of drug-likeness (QED) is 0.632. The van der Waals surface area contributed by atoms with Crippen molar-refractivity contribution in [3.8, 4) is 5.75 Å². The van der Waals surface area contributed by atoms with E-state index in [1.54, 1.807) is 37.3 Å². The Morgan fingerprint density at radius 3 is 2.71 bits per heavy atom. The smallest absolute Gasteiger partial charge is 0.293 e. The van der Waals surface area contributed by atoms with E-state index in [1.165, 1.54) is 12.1 Å². The number of nitro benzene ring substituents is 1. The normalized spacial score (nSPS) is 11.6. The number of benzene rings is 2. The summed E-state index contributed by atoms with van der Waals surface area (Å²) in [6.45, 7) is 5.72. The van der Waals surface area contributed by atoms with E-state index in [0.29, 0.717) is 11.3 Å². The zero-order chi connectivity index (χ0) is 17.7. The van der Waals surface area contributed by atoms with Gasteiger partial charge in [-0.3, -0.25) is 14.9 Å². The SMILES string of the molecule is CCC(C)Oc1cccc(C(=O)Nc2ccc(C)cc2[N+](=O)[O-])c1. The van der Waals surface area contributed by atoms with Crippen molar-refractivity contribution in [1.82, 2.24) is 0 Å². The summed E-state index contributed by atoms with van der Waals surface area (Å²) in [5, 5.41) is 13.7. The maximum Gasteiger partial charge on any atom is 0.293 e. The fraction of sp³-hybridized carbons (Fsp3) is 0.278. The van der Waals surface area contributed by atoms with Gasteiger partial charge in [-0.1, -0.05) is 19.1 Å². The lowest BCUT2D eigenvalue weighted by atomic mass is 10.1. The summed E-state index contributed by atoms with van der Waals surface area (Å²) >= 11 is 0. The Hall–Kier alpha value is -2.89. The van der Waals surface area contributed by atoms with Crippen molar-refractivity contribution in [2.75, 3.05) is 5.32 Å². The number of amides is 1. The Bertz CT molecular complexity index is 758. The summed E-state index contributed by atoms with van der Waals surface area (Å²) in [6.07, 6.45) is 0.896. The first kappa shape index (κ1) is 17.5. The van der Waals surface area contributed by atoms with Crippen LogP contribution < -0.4 is 10.1 Å². The molecule has 0 aliphatic rings. The Labute approximate surface area is 140 Å². The maximum absolute atomic E-state index is 12.4. The van der Waals surface area contributed by atoms with Crippen LogP contribution in [0.1, 0.15) is 36.2 Å². The molecule has 24 heavy (non-hydrogen) atoms. The van der Waals surface area contributed by atoms with Gasteiger partial charge in [0, 0.05) is 11.6 Å². The van der Waals surface area contributed by atoms with E-state index in [1.807, 2.05) is 13.8 Å². The van der Waals surface area contributed by atoms with Crippen LogP contribution >= 0.6 is 0 Å². The molecule has 0 saturated carbocycles. The second-order valence-corrected chi connectivity index (χ2v) is 5.60. The molecule has 2 aromatic rings. The number of carbonyl (C=O) groups is 1. The van der Waals surface area contributed by atoms with Crippen LogP contribution in [0.25, 0.3) is 0 Å². The summed E-state index contributed by atoms with van der Waals surface area (Å²) in [4.78, 5) is 23.0. The van der Waals surface area contributed by atoms with E-state index in [0.717, 1.165) is 12.0 Å². The molecule has 0 heterocycles. The molecule has 1 atom stereocenters. The summed E-state index contributed by atoms with van der Waals surface area (Å²) < 4.78 is 5.69. The lowest BCUT2D eigenvalue weighted by Gasteiger charge is -2.13. The molecule has 1 amide bonds. The molecule has 126 valence electrons. The van der Waals surface area contributed by atoms with Gasteiger partial charge in [0.2, 0.25) is 0 Å². The van der Waals surface area contributed by atoms with E-state index in [9.17, 15) is 14.9 Å². The van der Waals surface area contributed by atoms with Crippen LogP contribution in [-0.2, 0) is 0 Å². The Balaban J connectivity index is 2.21. The topological polar surface area (TPSA) is 81.5 Å². The fourth-order valence-corrected chi connectivity index (χ4v) is 2.12. The van der Waals surface area contributed by atoms with Gasteiger partial charge in [-0.05, 0) is 50.1 Å². The standard InChI is InChI=1S/C18H20N2O4/c1-4-13(3)24-15-7-5-6-14(11-15)18(21)19-16-9-8-12(2)10-17(16)20(22)23/h5-11,13H,4H2,1-3H3,(H,19,21). The van der Waals surface area contributed by atoms with Crippen LogP contribution in [0.3, 0.4) is 0 Å². The van der Waals surface area contributed by atoms with Crippen molar-refractivity contribution >= 4 is 17.3 Å². The number of hydrogen-bond donors (Lipinski definition) is 1. The highest BCUT2D eigenvalue weighted by atomic mass is 16.6. The summed E-state index contributed by atoms with van der Waals surface area (Å²) in [6, 6.07) is 11.4. The van der Waals surface area contributed by atoms with E-state index in [-0.39, 0.29) is 17.5 Å². The minimum absolute atomic E-state index is 0.0431. The fourth-order valence-electron chi connectivity index (χ4n) is 2.12. The zero-order valence-electron chi connectivity index (χ0n) is 13.9. The molecule has 2 rings (SSSR count). The van der Waals surface area contributed by atoms with Gasteiger partial charge in [0.25, 0.3) is 11.6 Å². The third-order valence-electron chi connectivity index (χ3n) is 3.61. The molecular weight excluding hydrogens is 308 g/mol. The number of carbonyl (C=O) groups excluding carboxylic acids is 1. The number of aryl methyl sites for hydroxylation is 1. The monoisotopic (exact) mass is 328 g/mol. The third kappa shape index (κ3) is 4.32. The van der Waals surface area contributed by atoms with E-state index >= 15 is 0 Å². The van der Waals surface area contributed by atoms with Crippen molar-refractivity contribution < 1.29 is 14.5 Å². The molecule has 1 unspecified atom stereocenters. The second-order valence-electron chi connectivity index (χ2n) is 5.60. The molecular formula is C18H20N2O4. The molecule has 0 radical (unpaired) electrons. The average molecular weight is 328 g/mol. The molecule has 2 aromatic carbocycles. The van der Waals surface area contributed by atoms with Gasteiger partial charge in [0.15, 0.2) is 0 Å². The molecule has 6 heteroatoms. The van der Waals surface area contributed by atoms with Crippen LogP contribution in [0.15, 0.2) is 42.5 Å². The molecule has 0 fully saturated rings. The van der Waals surface area contributed by atoms with Crippen LogP contribution in [-0.4, -0.2) is 16.9 Å². The lowest BCUT2D eigenvalue weighted by Crippen LogP contribution is -2.14. The minimum Gasteiger partial charge on any atom is -0.491 e. The zero-order valence-corrected chi connectivity index (χ0v) is 13.9. The number of anilines is 1. The summed E-state index contributed by atoms with van der Waals surface area (Å²) in [5.74, 6) is 0.173. The molecule has 0 saturated heterocycles. The highest BCUT2D eigenvalue weighted by Gasteiger charge is 2.17. The third-order valence-corrected chi connectivity index (χ3v) is 3.61.